The molecule has 186 valence electrons. The molecule has 34 heavy (non-hydrogen) atoms. The Morgan fingerprint density at radius 3 is 2.18 bits per heavy atom. The predicted octanol–water partition coefficient (Wildman–Crippen LogP) is 4.79. The lowest BCUT2D eigenvalue weighted by Gasteiger charge is -2.31. The first-order chi connectivity index (χ1) is 16.4. The van der Waals surface area contributed by atoms with Crippen LogP contribution in [0.4, 0.5) is 0 Å². The normalized spacial score (nSPS) is 11.7. The molecule has 2 aromatic carbocycles. The van der Waals surface area contributed by atoms with Gasteiger partial charge >= 0.3 is 0 Å². The van der Waals surface area contributed by atoms with Gasteiger partial charge < -0.3 is 19.7 Å². The second-order valence-corrected chi connectivity index (χ2v) is 8.56. The number of carbonyl (C=O) groups excluding carboxylic acids is 2. The number of nitrogens with one attached hydrogen (secondary N) is 1. The minimum atomic E-state index is -0.488. The number of benzene rings is 2. The minimum Gasteiger partial charge on any atom is -0.490 e. The topological polar surface area (TPSA) is 67.9 Å². The third-order valence-corrected chi connectivity index (χ3v) is 5.54. The van der Waals surface area contributed by atoms with E-state index in [1.807, 2.05) is 83.1 Å². The summed E-state index contributed by atoms with van der Waals surface area (Å²) in [7, 11) is 0. The lowest BCUT2D eigenvalue weighted by Crippen LogP contribution is -2.51. The number of amides is 2. The van der Waals surface area contributed by atoms with Gasteiger partial charge in [-0.2, -0.15) is 0 Å². The summed E-state index contributed by atoms with van der Waals surface area (Å²) in [5, 5.41) is 2.98. The molecule has 0 bridgehead atoms. The van der Waals surface area contributed by atoms with Gasteiger partial charge in [0.05, 0.1) is 13.2 Å². The second kappa shape index (κ2) is 14.3. The van der Waals surface area contributed by atoms with E-state index >= 15 is 0 Å². The molecule has 2 aromatic rings. The minimum absolute atomic E-state index is 0.0199. The van der Waals surface area contributed by atoms with Crippen LogP contribution in [-0.4, -0.2) is 48.6 Å². The molecule has 2 rings (SSSR count). The maximum absolute atomic E-state index is 13.4. The van der Waals surface area contributed by atoms with E-state index in [1.54, 1.807) is 4.90 Å². The first-order valence-electron chi connectivity index (χ1n) is 12.4. The molecule has 0 aliphatic carbocycles. The number of hydrogen-bond donors (Lipinski definition) is 1. The molecule has 0 saturated carbocycles. The van der Waals surface area contributed by atoms with Gasteiger partial charge in [0.1, 0.15) is 6.04 Å². The van der Waals surface area contributed by atoms with Crippen LogP contribution >= 0.6 is 0 Å². The van der Waals surface area contributed by atoms with Crippen molar-refractivity contribution < 1.29 is 19.1 Å². The Labute approximate surface area is 204 Å². The average Bonchev–Trinajstić information content (AvgIpc) is 2.82. The monoisotopic (exact) mass is 468 g/mol. The molecule has 0 spiro atoms. The number of carbonyl (C=O) groups is 2. The zero-order chi connectivity index (χ0) is 24.9. The van der Waals surface area contributed by atoms with Gasteiger partial charge in [0.2, 0.25) is 11.8 Å². The molecular weight excluding hydrogens is 428 g/mol. The molecule has 0 heterocycles. The Morgan fingerprint density at radius 1 is 0.882 bits per heavy atom. The van der Waals surface area contributed by atoms with Crippen molar-refractivity contribution in [2.45, 2.75) is 72.4 Å². The van der Waals surface area contributed by atoms with Crippen molar-refractivity contribution in [1.82, 2.24) is 10.2 Å². The fourth-order valence-electron chi connectivity index (χ4n) is 3.92. The van der Waals surface area contributed by atoms with E-state index in [2.05, 4.69) is 5.32 Å². The number of aryl methyl sites for hydroxylation is 1. The van der Waals surface area contributed by atoms with E-state index in [0.717, 1.165) is 11.1 Å². The standard InChI is InChI=1S/C28H40N2O4/c1-6-24(28(32)29-21(4)5)30(19-18-22-12-10-9-11-13-22)27(31)17-15-23-14-16-25(33-7-2)26(20-23)34-8-3/h9-14,16,20-21,24H,6-8,15,17-19H2,1-5H3,(H,29,32). The highest BCUT2D eigenvalue weighted by atomic mass is 16.5. The molecular formula is C28H40N2O4. The molecule has 6 heteroatoms. The fraction of sp³-hybridized carbons (Fsp3) is 0.500. The molecule has 0 saturated heterocycles. The molecule has 0 fully saturated rings. The fourth-order valence-corrected chi connectivity index (χ4v) is 3.92. The van der Waals surface area contributed by atoms with Crippen molar-refractivity contribution in [2.75, 3.05) is 19.8 Å². The summed E-state index contributed by atoms with van der Waals surface area (Å²) >= 11 is 0. The maximum atomic E-state index is 13.4. The third-order valence-electron chi connectivity index (χ3n) is 5.54. The van der Waals surface area contributed by atoms with Crippen molar-refractivity contribution >= 4 is 11.8 Å². The van der Waals surface area contributed by atoms with E-state index in [9.17, 15) is 9.59 Å². The predicted molar refractivity (Wildman–Crippen MR) is 136 cm³/mol. The summed E-state index contributed by atoms with van der Waals surface area (Å²) in [5.74, 6) is 1.28. The molecule has 0 aromatic heterocycles. The number of rotatable bonds is 14. The Hall–Kier alpha value is -3.02. The summed E-state index contributed by atoms with van der Waals surface area (Å²) in [6.45, 7) is 11.3. The molecule has 1 atom stereocenters. The number of ether oxygens (including phenoxy) is 2. The van der Waals surface area contributed by atoms with E-state index in [4.69, 9.17) is 9.47 Å². The highest BCUT2D eigenvalue weighted by molar-refractivity contribution is 5.87. The van der Waals surface area contributed by atoms with E-state index in [0.29, 0.717) is 56.9 Å². The van der Waals surface area contributed by atoms with Gasteiger partial charge in [-0.3, -0.25) is 9.59 Å². The molecule has 0 aliphatic heterocycles. The van der Waals surface area contributed by atoms with Crippen LogP contribution in [0.2, 0.25) is 0 Å². The summed E-state index contributed by atoms with van der Waals surface area (Å²) in [4.78, 5) is 28.0. The van der Waals surface area contributed by atoms with Crippen LogP contribution in [0.1, 0.15) is 58.6 Å². The van der Waals surface area contributed by atoms with Crippen LogP contribution in [-0.2, 0) is 22.4 Å². The number of hydrogen-bond acceptors (Lipinski definition) is 4. The number of nitrogens with zero attached hydrogens (tertiary/aromatic N) is 1. The zero-order valence-corrected chi connectivity index (χ0v) is 21.3. The lowest BCUT2D eigenvalue weighted by molar-refractivity contribution is -0.140. The summed E-state index contributed by atoms with van der Waals surface area (Å²) < 4.78 is 11.4. The van der Waals surface area contributed by atoms with Crippen molar-refractivity contribution in [3.05, 3.63) is 59.7 Å². The van der Waals surface area contributed by atoms with Crippen molar-refractivity contribution in [1.29, 1.82) is 0 Å². The average molecular weight is 469 g/mol. The first kappa shape index (κ1) is 27.2. The SMILES string of the molecule is CCOc1ccc(CCC(=O)N(CCc2ccccc2)C(CC)C(=O)NC(C)C)cc1OCC. The van der Waals surface area contributed by atoms with E-state index < -0.39 is 6.04 Å². The third kappa shape index (κ3) is 8.40. The van der Waals surface area contributed by atoms with Gasteiger partial charge in [-0.1, -0.05) is 43.3 Å². The van der Waals surface area contributed by atoms with Gasteiger partial charge in [-0.25, -0.2) is 0 Å². The smallest absolute Gasteiger partial charge is 0.242 e. The summed E-state index contributed by atoms with van der Waals surface area (Å²) in [6, 6.07) is 15.4. The Bertz CT molecular complexity index is 899. The van der Waals surface area contributed by atoms with Crippen LogP contribution in [0.25, 0.3) is 0 Å². The second-order valence-electron chi connectivity index (χ2n) is 8.56. The van der Waals surface area contributed by atoms with Crippen LogP contribution in [0.5, 0.6) is 11.5 Å². The lowest BCUT2D eigenvalue weighted by atomic mass is 10.1. The van der Waals surface area contributed by atoms with Gasteiger partial charge in [-0.15, -0.1) is 0 Å². The summed E-state index contributed by atoms with van der Waals surface area (Å²) in [5.41, 5.74) is 2.15. The molecule has 0 aliphatic rings. The van der Waals surface area contributed by atoms with Crippen LogP contribution in [0, 0.1) is 0 Å². The van der Waals surface area contributed by atoms with Crippen molar-refractivity contribution in [3.8, 4) is 11.5 Å². The summed E-state index contributed by atoms with van der Waals surface area (Å²) in [6.07, 6.45) is 2.15. The highest BCUT2D eigenvalue weighted by Gasteiger charge is 2.28. The molecule has 6 nitrogen and oxygen atoms in total. The van der Waals surface area contributed by atoms with E-state index in [1.165, 1.54) is 0 Å². The van der Waals surface area contributed by atoms with Gasteiger partial charge in [0.25, 0.3) is 0 Å². The molecule has 1 N–H and O–H groups in total. The highest BCUT2D eigenvalue weighted by Crippen LogP contribution is 2.29. The van der Waals surface area contributed by atoms with Crippen LogP contribution in [0.15, 0.2) is 48.5 Å². The Kier molecular flexibility index (Phi) is 11.4. The van der Waals surface area contributed by atoms with Gasteiger partial charge in [0, 0.05) is 19.0 Å². The van der Waals surface area contributed by atoms with Crippen molar-refractivity contribution in [3.63, 3.8) is 0 Å². The Morgan fingerprint density at radius 2 is 1.56 bits per heavy atom. The van der Waals surface area contributed by atoms with Crippen molar-refractivity contribution in [2.24, 2.45) is 0 Å². The van der Waals surface area contributed by atoms with Crippen LogP contribution < -0.4 is 14.8 Å². The van der Waals surface area contributed by atoms with Gasteiger partial charge in [0.15, 0.2) is 11.5 Å². The molecule has 0 radical (unpaired) electrons. The first-order valence-corrected chi connectivity index (χ1v) is 12.4. The quantitative estimate of drug-likeness (QED) is 0.433. The zero-order valence-electron chi connectivity index (χ0n) is 21.3. The molecule has 2 amide bonds. The van der Waals surface area contributed by atoms with E-state index in [-0.39, 0.29) is 17.9 Å². The maximum Gasteiger partial charge on any atom is 0.242 e. The largest absolute Gasteiger partial charge is 0.490 e. The van der Waals surface area contributed by atoms with Gasteiger partial charge in [-0.05, 0) is 70.2 Å². The molecule has 1 unspecified atom stereocenters. The van der Waals surface area contributed by atoms with Crippen LogP contribution in [0.3, 0.4) is 0 Å². The Balaban J connectivity index is 2.16.